The maximum atomic E-state index is 5.80. The number of rotatable bonds is 5. The van der Waals surface area contributed by atoms with E-state index in [1.807, 2.05) is 25.4 Å². The first kappa shape index (κ1) is 13.0. The second-order valence-corrected chi connectivity index (χ2v) is 4.77. The highest BCUT2D eigenvalue weighted by atomic mass is 16.5. The molecule has 0 bridgehead atoms. The Labute approximate surface area is 118 Å². The number of benzene rings is 1. The first-order chi connectivity index (χ1) is 9.81. The number of fused-ring (bicyclic) bond motifs is 1. The van der Waals surface area contributed by atoms with Gasteiger partial charge in [0, 0.05) is 30.6 Å². The van der Waals surface area contributed by atoms with Crippen molar-refractivity contribution in [2.75, 3.05) is 13.7 Å². The highest BCUT2D eigenvalue weighted by Crippen LogP contribution is 2.35. The Kier molecular flexibility index (Phi) is 3.60. The van der Waals surface area contributed by atoms with Crippen molar-refractivity contribution in [3.05, 3.63) is 42.0 Å². The quantitative estimate of drug-likeness (QED) is 0.906. The van der Waals surface area contributed by atoms with E-state index in [4.69, 9.17) is 9.47 Å². The van der Waals surface area contributed by atoms with E-state index in [-0.39, 0.29) is 6.04 Å². The summed E-state index contributed by atoms with van der Waals surface area (Å²) in [6.07, 6.45) is 3.76. The lowest BCUT2D eigenvalue weighted by Gasteiger charge is -2.09. The summed E-state index contributed by atoms with van der Waals surface area (Å²) in [7, 11) is 1.94. The predicted octanol–water partition coefficient (Wildman–Crippen LogP) is 2.13. The molecule has 5 heteroatoms. The Morgan fingerprint density at radius 2 is 2.40 bits per heavy atom. The molecule has 0 saturated heterocycles. The van der Waals surface area contributed by atoms with Gasteiger partial charge in [0.1, 0.15) is 30.5 Å². The van der Waals surface area contributed by atoms with Crippen LogP contribution in [0.5, 0.6) is 11.5 Å². The average molecular weight is 273 g/mol. The lowest BCUT2D eigenvalue weighted by atomic mass is 10.1. The molecule has 1 N–H and O–H groups in total. The predicted molar refractivity (Wildman–Crippen MR) is 76.0 cm³/mol. The SMILES string of the molecule is CCn1ccnc1COc1ccc2c(c1)OCC2NC. The van der Waals surface area contributed by atoms with Crippen LogP contribution in [0.4, 0.5) is 0 Å². The number of ether oxygens (including phenoxy) is 2. The minimum Gasteiger partial charge on any atom is -0.491 e. The third kappa shape index (κ3) is 2.36. The van der Waals surface area contributed by atoms with Crippen LogP contribution in [0.3, 0.4) is 0 Å². The van der Waals surface area contributed by atoms with Crippen LogP contribution in [-0.2, 0) is 13.2 Å². The maximum Gasteiger partial charge on any atom is 0.146 e. The molecule has 1 unspecified atom stereocenters. The Morgan fingerprint density at radius 3 is 3.20 bits per heavy atom. The minimum absolute atomic E-state index is 0.276. The standard InChI is InChI=1S/C15H19N3O2/c1-3-18-7-6-17-15(18)10-19-11-4-5-12-13(16-2)9-20-14(12)8-11/h4-8,13,16H,3,9-10H2,1-2H3. The van der Waals surface area contributed by atoms with Crippen molar-refractivity contribution in [2.24, 2.45) is 0 Å². The first-order valence-electron chi connectivity index (χ1n) is 6.88. The van der Waals surface area contributed by atoms with Crippen molar-refractivity contribution in [3.8, 4) is 11.5 Å². The zero-order valence-corrected chi connectivity index (χ0v) is 11.8. The summed E-state index contributed by atoms with van der Waals surface area (Å²) in [6, 6.07) is 6.27. The molecule has 1 atom stereocenters. The van der Waals surface area contributed by atoms with Crippen molar-refractivity contribution < 1.29 is 9.47 Å². The zero-order valence-electron chi connectivity index (χ0n) is 11.8. The van der Waals surface area contributed by atoms with E-state index < -0.39 is 0 Å². The lowest BCUT2D eigenvalue weighted by molar-refractivity contribution is 0.285. The number of aromatic nitrogens is 2. The first-order valence-corrected chi connectivity index (χ1v) is 6.88. The molecule has 2 heterocycles. The molecular formula is C15H19N3O2. The second kappa shape index (κ2) is 5.54. The van der Waals surface area contributed by atoms with Crippen molar-refractivity contribution in [1.82, 2.24) is 14.9 Å². The van der Waals surface area contributed by atoms with E-state index in [1.165, 1.54) is 5.56 Å². The number of hydrogen-bond donors (Lipinski definition) is 1. The monoisotopic (exact) mass is 273 g/mol. The molecule has 0 spiro atoms. The number of nitrogens with one attached hydrogen (secondary N) is 1. The largest absolute Gasteiger partial charge is 0.491 e. The molecule has 0 saturated carbocycles. The summed E-state index contributed by atoms with van der Waals surface area (Å²) in [4.78, 5) is 4.30. The van der Waals surface area contributed by atoms with Gasteiger partial charge in [-0.2, -0.15) is 0 Å². The fraction of sp³-hybridized carbons (Fsp3) is 0.400. The van der Waals surface area contributed by atoms with E-state index in [2.05, 4.69) is 27.9 Å². The molecule has 0 radical (unpaired) electrons. The van der Waals surface area contributed by atoms with E-state index >= 15 is 0 Å². The van der Waals surface area contributed by atoms with Gasteiger partial charge >= 0.3 is 0 Å². The van der Waals surface area contributed by atoms with Crippen LogP contribution in [0.15, 0.2) is 30.6 Å². The smallest absolute Gasteiger partial charge is 0.146 e. The molecule has 1 aromatic carbocycles. The fourth-order valence-corrected chi connectivity index (χ4v) is 2.44. The van der Waals surface area contributed by atoms with Gasteiger partial charge in [-0.05, 0) is 26.1 Å². The highest BCUT2D eigenvalue weighted by Gasteiger charge is 2.22. The van der Waals surface area contributed by atoms with Crippen LogP contribution in [-0.4, -0.2) is 23.2 Å². The zero-order chi connectivity index (χ0) is 13.9. The lowest BCUT2D eigenvalue weighted by Crippen LogP contribution is -2.17. The molecule has 106 valence electrons. The van der Waals surface area contributed by atoms with Gasteiger partial charge in [0.25, 0.3) is 0 Å². The molecular weight excluding hydrogens is 254 g/mol. The summed E-state index contributed by atoms with van der Waals surface area (Å²) in [6.45, 7) is 4.13. The summed E-state index contributed by atoms with van der Waals surface area (Å²) in [5.41, 5.74) is 1.19. The van der Waals surface area contributed by atoms with Crippen molar-refractivity contribution in [3.63, 3.8) is 0 Å². The molecule has 0 fully saturated rings. The fourth-order valence-electron chi connectivity index (χ4n) is 2.44. The van der Waals surface area contributed by atoms with Gasteiger partial charge in [0.05, 0.1) is 6.04 Å². The Bertz CT molecular complexity index is 595. The van der Waals surface area contributed by atoms with Crippen LogP contribution in [0.1, 0.15) is 24.4 Å². The van der Waals surface area contributed by atoms with E-state index in [0.717, 1.165) is 23.9 Å². The van der Waals surface area contributed by atoms with Crippen LogP contribution in [0, 0.1) is 0 Å². The van der Waals surface area contributed by atoms with Gasteiger partial charge in [0.15, 0.2) is 0 Å². The van der Waals surface area contributed by atoms with Crippen molar-refractivity contribution >= 4 is 0 Å². The summed E-state index contributed by atoms with van der Waals surface area (Å²) in [5.74, 6) is 2.65. The number of hydrogen-bond acceptors (Lipinski definition) is 4. The van der Waals surface area contributed by atoms with Crippen LogP contribution in [0.25, 0.3) is 0 Å². The number of nitrogens with zero attached hydrogens (tertiary/aromatic N) is 2. The van der Waals surface area contributed by atoms with E-state index in [0.29, 0.717) is 13.2 Å². The van der Waals surface area contributed by atoms with Gasteiger partial charge < -0.3 is 19.4 Å². The third-order valence-corrected chi connectivity index (χ3v) is 3.62. The Morgan fingerprint density at radius 1 is 1.50 bits per heavy atom. The molecule has 1 aliphatic rings. The van der Waals surface area contributed by atoms with Gasteiger partial charge in [-0.1, -0.05) is 0 Å². The molecule has 3 rings (SSSR count). The van der Waals surface area contributed by atoms with Crippen LogP contribution >= 0.6 is 0 Å². The summed E-state index contributed by atoms with van der Waals surface area (Å²) >= 11 is 0. The molecule has 2 aromatic rings. The highest BCUT2D eigenvalue weighted by molar-refractivity contribution is 5.44. The van der Waals surface area contributed by atoms with E-state index in [1.54, 1.807) is 6.20 Å². The third-order valence-electron chi connectivity index (χ3n) is 3.62. The van der Waals surface area contributed by atoms with Crippen molar-refractivity contribution in [1.29, 1.82) is 0 Å². The normalized spacial score (nSPS) is 16.8. The molecule has 0 amide bonds. The van der Waals surface area contributed by atoms with Gasteiger partial charge in [-0.25, -0.2) is 4.98 Å². The number of imidazole rings is 1. The number of aryl methyl sites for hydroxylation is 1. The van der Waals surface area contributed by atoms with Gasteiger partial charge in [-0.15, -0.1) is 0 Å². The molecule has 5 nitrogen and oxygen atoms in total. The Hall–Kier alpha value is -2.01. The number of likely N-dealkylation sites (N-methyl/N-ethyl adjacent to an activating group) is 1. The average Bonchev–Trinajstić information content (AvgIpc) is 3.10. The summed E-state index contributed by atoms with van der Waals surface area (Å²) < 4.78 is 13.5. The Balaban J connectivity index is 1.70. The molecule has 0 aliphatic carbocycles. The second-order valence-electron chi connectivity index (χ2n) is 4.77. The molecule has 20 heavy (non-hydrogen) atoms. The van der Waals surface area contributed by atoms with Crippen LogP contribution < -0.4 is 14.8 Å². The van der Waals surface area contributed by atoms with Gasteiger partial charge in [0.2, 0.25) is 0 Å². The molecule has 1 aromatic heterocycles. The molecule has 1 aliphatic heterocycles. The van der Waals surface area contributed by atoms with Crippen LogP contribution in [0.2, 0.25) is 0 Å². The van der Waals surface area contributed by atoms with Gasteiger partial charge in [-0.3, -0.25) is 0 Å². The van der Waals surface area contributed by atoms with E-state index in [9.17, 15) is 0 Å². The topological polar surface area (TPSA) is 48.3 Å². The maximum absolute atomic E-state index is 5.80. The summed E-state index contributed by atoms with van der Waals surface area (Å²) in [5, 5.41) is 3.23. The van der Waals surface area contributed by atoms with Crippen molar-refractivity contribution in [2.45, 2.75) is 26.1 Å². The minimum atomic E-state index is 0.276.